The van der Waals surface area contributed by atoms with Crippen LogP contribution >= 0.6 is 11.6 Å². The molecule has 0 fully saturated rings. The molecule has 170 valence electrons. The number of ketones is 1. The lowest BCUT2D eigenvalue weighted by Gasteiger charge is -2.09. The molecule has 4 rings (SSSR count). The lowest BCUT2D eigenvalue weighted by Crippen LogP contribution is -2.16. The molecule has 3 aromatic heterocycles. The number of nitrogens with zero attached hydrogens (tertiary/aromatic N) is 3. The number of halogens is 4. The van der Waals surface area contributed by atoms with E-state index < -0.39 is 6.36 Å². The number of benzene rings is 1. The number of aromatic nitrogens is 3. The molecule has 3 heterocycles. The van der Waals surface area contributed by atoms with E-state index >= 15 is 0 Å². The van der Waals surface area contributed by atoms with Crippen molar-refractivity contribution in [3.8, 4) is 17.0 Å². The first-order chi connectivity index (χ1) is 15.7. The summed E-state index contributed by atoms with van der Waals surface area (Å²) < 4.78 is 42.5. The van der Waals surface area contributed by atoms with Gasteiger partial charge in [-0.05, 0) is 60.9 Å². The van der Waals surface area contributed by atoms with Crippen molar-refractivity contribution in [3.63, 3.8) is 0 Å². The molecular formula is C24H19ClF3N3O2. The predicted molar refractivity (Wildman–Crippen MR) is 119 cm³/mol. The fraction of sp³-hybridized carbons (Fsp3) is 0.208. The van der Waals surface area contributed by atoms with Gasteiger partial charge in [0, 0.05) is 24.4 Å². The van der Waals surface area contributed by atoms with Crippen molar-refractivity contribution < 1.29 is 22.7 Å². The lowest BCUT2D eigenvalue weighted by atomic mass is 10.0. The molecule has 1 aromatic carbocycles. The predicted octanol–water partition coefficient (Wildman–Crippen LogP) is 6.33. The largest absolute Gasteiger partial charge is 0.573 e. The standard InChI is InChI=1S/C24H19ClF3N3O2/c1-2-19-23(31-14-17(25)7-12-22(31)30-19)21(32)11-4-15-3-10-20(29-13-15)16-5-8-18(9-6-16)33-24(26,27)28/h3,5-10,12-14H,2,4,11H2,1H3. The smallest absolute Gasteiger partial charge is 0.406 e. The van der Waals surface area contributed by atoms with Crippen LogP contribution in [0.15, 0.2) is 60.9 Å². The van der Waals surface area contributed by atoms with Crippen LogP contribution in [-0.4, -0.2) is 26.5 Å². The third-order valence-electron chi connectivity index (χ3n) is 5.10. The molecule has 0 amide bonds. The number of Topliss-reactive ketones (excluding diaryl/α,β-unsaturated/α-hetero) is 1. The molecule has 0 bridgehead atoms. The monoisotopic (exact) mass is 473 g/mol. The van der Waals surface area contributed by atoms with E-state index in [4.69, 9.17) is 11.6 Å². The summed E-state index contributed by atoms with van der Waals surface area (Å²) in [6, 6.07) is 12.6. The number of hydrogen-bond acceptors (Lipinski definition) is 4. The highest BCUT2D eigenvalue weighted by atomic mass is 35.5. The van der Waals surface area contributed by atoms with Gasteiger partial charge in [-0.15, -0.1) is 13.2 Å². The molecule has 0 radical (unpaired) electrons. The fourth-order valence-electron chi connectivity index (χ4n) is 3.56. The van der Waals surface area contributed by atoms with Crippen molar-refractivity contribution >= 4 is 23.0 Å². The summed E-state index contributed by atoms with van der Waals surface area (Å²) in [5.41, 5.74) is 4.08. The average Bonchev–Trinajstić information content (AvgIpc) is 3.15. The average molecular weight is 474 g/mol. The number of rotatable bonds is 7. The number of imidazole rings is 1. The highest BCUT2D eigenvalue weighted by Crippen LogP contribution is 2.26. The summed E-state index contributed by atoms with van der Waals surface area (Å²) in [7, 11) is 0. The Balaban J connectivity index is 1.44. The second-order valence-corrected chi connectivity index (χ2v) is 7.82. The first-order valence-electron chi connectivity index (χ1n) is 10.2. The summed E-state index contributed by atoms with van der Waals surface area (Å²) in [5, 5.41) is 0.523. The molecule has 0 N–H and O–H groups in total. The van der Waals surface area contributed by atoms with Crippen molar-refractivity contribution in [2.75, 3.05) is 0 Å². The molecule has 9 heteroatoms. The van der Waals surface area contributed by atoms with Crippen molar-refractivity contribution in [1.82, 2.24) is 14.4 Å². The zero-order chi connectivity index (χ0) is 23.6. The van der Waals surface area contributed by atoms with Crippen LogP contribution in [-0.2, 0) is 12.8 Å². The molecule has 0 atom stereocenters. The van der Waals surface area contributed by atoms with E-state index in [9.17, 15) is 18.0 Å². The van der Waals surface area contributed by atoms with Gasteiger partial charge < -0.3 is 4.74 Å². The van der Waals surface area contributed by atoms with E-state index in [0.29, 0.717) is 40.5 Å². The maximum absolute atomic E-state index is 13.0. The Morgan fingerprint density at radius 1 is 1.09 bits per heavy atom. The Labute approximate surface area is 192 Å². The van der Waals surface area contributed by atoms with E-state index in [1.807, 2.05) is 13.0 Å². The number of aryl methyl sites for hydroxylation is 2. The Morgan fingerprint density at radius 2 is 1.85 bits per heavy atom. The molecule has 0 aliphatic heterocycles. The number of fused-ring (bicyclic) bond motifs is 1. The summed E-state index contributed by atoms with van der Waals surface area (Å²) in [6.45, 7) is 1.95. The number of ether oxygens (including phenoxy) is 1. The second kappa shape index (κ2) is 9.23. The van der Waals surface area contributed by atoms with E-state index in [1.165, 1.54) is 24.3 Å². The third kappa shape index (κ3) is 5.34. The minimum Gasteiger partial charge on any atom is -0.406 e. The molecule has 5 nitrogen and oxygen atoms in total. The van der Waals surface area contributed by atoms with Crippen LogP contribution in [0.4, 0.5) is 13.2 Å². The van der Waals surface area contributed by atoms with Gasteiger partial charge in [0.05, 0.1) is 16.4 Å². The van der Waals surface area contributed by atoms with Crippen molar-refractivity contribution in [3.05, 3.63) is 82.9 Å². The molecule has 33 heavy (non-hydrogen) atoms. The SMILES string of the molecule is CCc1nc2ccc(Cl)cn2c1C(=O)CCc1ccc(-c2ccc(OC(F)(F)F)cc2)nc1. The van der Waals surface area contributed by atoms with E-state index in [2.05, 4.69) is 14.7 Å². The van der Waals surface area contributed by atoms with Gasteiger partial charge in [-0.1, -0.05) is 24.6 Å². The summed E-state index contributed by atoms with van der Waals surface area (Å²) >= 11 is 6.10. The van der Waals surface area contributed by atoms with Crippen LogP contribution in [0.25, 0.3) is 16.9 Å². The normalized spacial score (nSPS) is 11.7. The zero-order valence-corrected chi connectivity index (χ0v) is 18.3. The molecule has 4 aromatic rings. The van der Waals surface area contributed by atoms with Gasteiger partial charge in [0.25, 0.3) is 0 Å². The van der Waals surface area contributed by atoms with E-state index in [1.54, 1.807) is 35.0 Å². The van der Waals surface area contributed by atoms with Crippen molar-refractivity contribution in [1.29, 1.82) is 0 Å². The molecular weight excluding hydrogens is 455 g/mol. The molecule has 0 aliphatic carbocycles. The Bertz CT molecular complexity index is 1280. The number of carbonyl (C=O) groups is 1. The van der Waals surface area contributed by atoms with E-state index in [-0.39, 0.29) is 18.0 Å². The van der Waals surface area contributed by atoms with Crippen LogP contribution in [0.1, 0.15) is 35.1 Å². The highest BCUT2D eigenvalue weighted by molar-refractivity contribution is 6.30. The lowest BCUT2D eigenvalue weighted by molar-refractivity contribution is -0.274. The fourth-order valence-corrected chi connectivity index (χ4v) is 3.72. The number of hydrogen-bond donors (Lipinski definition) is 0. The van der Waals surface area contributed by atoms with Crippen LogP contribution in [0, 0.1) is 0 Å². The summed E-state index contributed by atoms with van der Waals surface area (Å²) in [6.07, 6.45) is 0.0153. The second-order valence-electron chi connectivity index (χ2n) is 7.38. The number of carbonyl (C=O) groups excluding carboxylic acids is 1. The molecule has 0 spiro atoms. The Kier molecular flexibility index (Phi) is 6.37. The van der Waals surface area contributed by atoms with Gasteiger partial charge in [-0.3, -0.25) is 14.2 Å². The molecule has 0 saturated heterocycles. The van der Waals surface area contributed by atoms with Crippen LogP contribution in [0.2, 0.25) is 5.02 Å². The molecule has 0 aliphatic rings. The van der Waals surface area contributed by atoms with Crippen molar-refractivity contribution in [2.45, 2.75) is 32.5 Å². The van der Waals surface area contributed by atoms with Gasteiger partial charge in [0.15, 0.2) is 5.78 Å². The molecule has 0 unspecified atom stereocenters. The van der Waals surface area contributed by atoms with Gasteiger partial charge in [-0.25, -0.2) is 4.98 Å². The highest BCUT2D eigenvalue weighted by Gasteiger charge is 2.31. The van der Waals surface area contributed by atoms with Crippen molar-refractivity contribution in [2.24, 2.45) is 0 Å². The topological polar surface area (TPSA) is 56.5 Å². The molecule has 0 saturated carbocycles. The van der Waals surface area contributed by atoms with Crippen LogP contribution < -0.4 is 4.74 Å². The minimum atomic E-state index is -4.73. The first-order valence-corrected chi connectivity index (χ1v) is 10.6. The van der Waals surface area contributed by atoms with Gasteiger partial charge in [0.1, 0.15) is 17.1 Å². The number of alkyl halides is 3. The maximum atomic E-state index is 13.0. The van der Waals surface area contributed by atoms with Gasteiger partial charge >= 0.3 is 6.36 Å². The summed E-state index contributed by atoms with van der Waals surface area (Å²) in [5.74, 6) is -0.326. The van der Waals surface area contributed by atoms with E-state index in [0.717, 1.165) is 11.3 Å². The third-order valence-corrected chi connectivity index (χ3v) is 5.33. The zero-order valence-electron chi connectivity index (χ0n) is 17.6. The number of pyridine rings is 2. The summed E-state index contributed by atoms with van der Waals surface area (Å²) in [4.78, 5) is 21.9. The van der Waals surface area contributed by atoms with Gasteiger partial charge in [0.2, 0.25) is 0 Å². The Hall–Kier alpha value is -3.39. The first kappa shape index (κ1) is 22.8. The Morgan fingerprint density at radius 3 is 2.48 bits per heavy atom. The maximum Gasteiger partial charge on any atom is 0.573 e. The minimum absolute atomic E-state index is 0.0362. The van der Waals surface area contributed by atoms with Crippen LogP contribution in [0.5, 0.6) is 5.75 Å². The quantitative estimate of drug-likeness (QED) is 0.294. The van der Waals surface area contributed by atoms with Gasteiger partial charge in [-0.2, -0.15) is 0 Å². The van der Waals surface area contributed by atoms with Crippen LogP contribution in [0.3, 0.4) is 0 Å².